The molecule has 85 heavy (non-hydrogen) atoms. The number of epoxide rings is 1. The molecule has 3 aliphatic rings. The molecular formula is C60H79Br2ClF3N5O14. The number of amides is 5. The Bertz CT molecular complexity index is 2820. The van der Waals surface area contributed by atoms with Crippen LogP contribution < -0.4 is 26.6 Å². The van der Waals surface area contributed by atoms with E-state index in [0.717, 1.165) is 17.2 Å². The van der Waals surface area contributed by atoms with Gasteiger partial charge < -0.3 is 50.1 Å². The van der Waals surface area contributed by atoms with Crippen molar-refractivity contribution in [2.24, 2.45) is 29.4 Å². The average Bonchev–Trinajstić information content (AvgIpc) is 1.83. The number of aryl methyl sites for hydroxylation is 1. The van der Waals surface area contributed by atoms with Gasteiger partial charge in [0.2, 0.25) is 11.8 Å². The number of nitrogens with two attached hydrogens (primary N) is 1. The molecule has 19 nitrogen and oxygen atoms in total. The second-order valence-electron chi connectivity index (χ2n) is 22.8. The van der Waals surface area contributed by atoms with Gasteiger partial charge in [-0.2, -0.15) is 13.2 Å². The Morgan fingerprint density at radius 2 is 1.73 bits per heavy atom. The Morgan fingerprint density at radius 1 is 1.02 bits per heavy atom. The number of primary amides is 1. The number of ketones is 2. The number of ether oxygens (including phenoxy) is 5. The van der Waals surface area contributed by atoms with E-state index in [1.165, 1.54) is 25.1 Å². The van der Waals surface area contributed by atoms with E-state index >= 15 is 13.2 Å². The molecule has 0 unspecified atom stereocenters. The molecule has 25 heteroatoms. The highest BCUT2D eigenvalue weighted by Gasteiger charge is 2.64. The van der Waals surface area contributed by atoms with Gasteiger partial charge in [0.1, 0.15) is 35.3 Å². The summed E-state index contributed by atoms with van der Waals surface area (Å²) in [5.74, 6) is -5.44. The molecule has 2 fully saturated rings. The topological polar surface area (TPSA) is 272 Å². The van der Waals surface area contributed by atoms with Crippen molar-refractivity contribution in [3.63, 3.8) is 0 Å². The molecular weight excluding hydrogens is 1270 g/mol. The summed E-state index contributed by atoms with van der Waals surface area (Å²) in [5, 5.41) is 20.4. The number of Topliss-reactive ketones (excluding diaryl/α,β-unsaturated/α-hetero) is 2. The normalized spacial score (nSPS) is 24.5. The highest BCUT2D eigenvalue weighted by molar-refractivity contribution is 9.09. The second-order valence-corrected chi connectivity index (χ2v) is 24.5. The molecule has 2 saturated heterocycles. The standard InChI is InChI=1S/C60H79Br2ClF3N5O14/c1-33(2)41(27-40(72)15-10-9-11-21-82-55(77)39(31-61)32-62)54(76)69-44(16-13-20-68-56(67)78)46(73)26-37-18-19-43(42(24-37)60(64,65)66)70-57(79)84-49-28-50(74)71(7)45-25-38(23-35(4)52(45)63)22-34(3)14-12-17-48(81-8)59(80)29-47(83-51(75)30-59)36(5)53-58(49,6)85-53/h12,14,17-19,23-25,33,36,39,41,44,47-49,53,80H,9-11,13,15-16,20-22,26-32H2,1-8H3,(H,69,76)(H,70,79)(H3,67,68,78)/b17-12+,34-14+/t36-,41+,44+,47+,48-,49+,53+,58+,59-/m1/s1. The number of anilines is 2. The number of esters is 2. The maximum absolute atomic E-state index is 15.1. The largest absolute Gasteiger partial charge is 0.465 e. The highest BCUT2D eigenvalue weighted by Crippen LogP contribution is 2.50. The number of urea groups is 1. The van der Waals surface area contributed by atoms with Gasteiger partial charge in [0.15, 0.2) is 5.78 Å². The number of alkyl halides is 5. The number of nitrogens with one attached hydrogen (secondary N) is 3. The number of aliphatic hydroxyl groups is 1. The smallest absolute Gasteiger partial charge is 0.418 e. The number of hydrogen-bond donors (Lipinski definition) is 5. The zero-order valence-corrected chi connectivity index (χ0v) is 53.1. The number of nitrogens with zero attached hydrogens (tertiary/aromatic N) is 1. The minimum atomic E-state index is -5.12. The summed E-state index contributed by atoms with van der Waals surface area (Å²) in [6, 6.07) is 4.30. The first-order valence-electron chi connectivity index (χ1n) is 28.3. The third-order valence-corrected chi connectivity index (χ3v) is 17.8. The monoisotopic (exact) mass is 1340 g/mol. The van der Waals surface area contributed by atoms with Crippen LogP contribution in [0.1, 0.15) is 121 Å². The molecule has 3 heterocycles. The lowest BCUT2D eigenvalue weighted by Crippen LogP contribution is -2.53. The minimum Gasteiger partial charge on any atom is -0.465 e. The van der Waals surface area contributed by atoms with Crippen LogP contribution in [0.3, 0.4) is 0 Å². The number of benzene rings is 2. The van der Waals surface area contributed by atoms with Gasteiger partial charge in [0.05, 0.1) is 59.5 Å². The van der Waals surface area contributed by atoms with Crippen molar-refractivity contribution in [1.82, 2.24) is 10.6 Å². The van der Waals surface area contributed by atoms with E-state index in [0.29, 0.717) is 53.7 Å². The minimum absolute atomic E-state index is 0.00641. The van der Waals surface area contributed by atoms with Crippen LogP contribution in [0.5, 0.6) is 0 Å². The van der Waals surface area contributed by atoms with Crippen LogP contribution in [0.15, 0.2) is 54.1 Å². The zero-order chi connectivity index (χ0) is 63.1. The van der Waals surface area contributed by atoms with Crippen molar-refractivity contribution in [2.75, 3.05) is 48.2 Å². The molecule has 5 amide bonds. The van der Waals surface area contributed by atoms with E-state index in [9.17, 15) is 43.5 Å². The molecule has 9 atom stereocenters. The molecule has 0 aromatic heterocycles. The van der Waals surface area contributed by atoms with E-state index in [-0.39, 0.29) is 85.9 Å². The molecule has 0 aliphatic carbocycles. The van der Waals surface area contributed by atoms with E-state index in [2.05, 4.69) is 47.8 Å². The summed E-state index contributed by atoms with van der Waals surface area (Å²) >= 11 is 13.4. The molecule has 6 N–H and O–H groups in total. The van der Waals surface area contributed by atoms with Crippen LogP contribution in [0, 0.1) is 30.6 Å². The molecule has 3 aliphatic heterocycles. The van der Waals surface area contributed by atoms with Gasteiger partial charge in [0, 0.05) is 68.9 Å². The SMILES string of the molecule is CO[C@@H]1/C=C/C=C(\C)Cc2cc(C)c(Cl)c(c2)N(C)C(=O)C[C@H](OC(=O)Nc2ccc(CC(=O)[C@H](CCCNC(N)=O)NC(=O)[C@@H](CC(=O)CCCCCOC(=O)C(CBr)CBr)C(C)C)cc2C(F)(F)F)[C@]2(C)O[C@H]2[C@H](C)[C@@H]2C[C@@]1(O)CC(=O)O2. The van der Waals surface area contributed by atoms with Crippen LogP contribution in [-0.4, -0.2) is 132 Å². The lowest BCUT2D eigenvalue weighted by atomic mass is 9.78. The van der Waals surface area contributed by atoms with Crippen molar-refractivity contribution in [3.05, 3.63) is 81.4 Å². The third kappa shape index (κ3) is 19.8. The van der Waals surface area contributed by atoms with Crippen molar-refractivity contribution in [1.29, 1.82) is 0 Å². The number of unbranched alkanes of at least 4 members (excludes halogenated alkanes) is 2. The summed E-state index contributed by atoms with van der Waals surface area (Å²) < 4.78 is 74.1. The van der Waals surface area contributed by atoms with Crippen LogP contribution in [-0.2, 0) is 71.5 Å². The Balaban J connectivity index is 1.36. The molecule has 0 saturated carbocycles. The van der Waals surface area contributed by atoms with Gasteiger partial charge in [-0.3, -0.25) is 34.1 Å². The summed E-state index contributed by atoms with van der Waals surface area (Å²) in [6.07, 6.45) is -5.18. The number of allylic oxidation sites excluding steroid dienone is 3. The van der Waals surface area contributed by atoms with Gasteiger partial charge in [0.25, 0.3) is 0 Å². The lowest BCUT2D eigenvalue weighted by Gasteiger charge is -2.41. The second kappa shape index (κ2) is 31.5. The molecule has 0 spiro atoms. The maximum Gasteiger partial charge on any atom is 0.418 e. The van der Waals surface area contributed by atoms with Crippen molar-refractivity contribution >= 4 is 102 Å². The number of hydrogen-bond acceptors (Lipinski definition) is 14. The summed E-state index contributed by atoms with van der Waals surface area (Å²) in [6.45, 7) is 10.6. The van der Waals surface area contributed by atoms with Gasteiger partial charge in [-0.15, -0.1) is 0 Å². The van der Waals surface area contributed by atoms with E-state index in [4.69, 9.17) is 41.0 Å². The van der Waals surface area contributed by atoms with Crippen LogP contribution in [0.2, 0.25) is 5.02 Å². The lowest BCUT2D eigenvalue weighted by molar-refractivity contribution is -0.187. The first-order valence-corrected chi connectivity index (χ1v) is 30.9. The van der Waals surface area contributed by atoms with Crippen LogP contribution in [0.4, 0.5) is 34.1 Å². The number of methoxy groups -OCH3 is 1. The molecule has 4 bridgehead atoms. The first kappa shape index (κ1) is 70.4. The Kier molecular flexibility index (Phi) is 26.1. The number of rotatable bonds is 24. The highest BCUT2D eigenvalue weighted by atomic mass is 79.9. The fourth-order valence-corrected chi connectivity index (χ4v) is 12.5. The molecule has 470 valence electrons. The van der Waals surface area contributed by atoms with Crippen molar-refractivity contribution in [2.45, 2.75) is 166 Å². The third-order valence-electron chi connectivity index (χ3n) is 15.8. The van der Waals surface area contributed by atoms with Gasteiger partial charge in [-0.05, 0) is 100 Å². The Morgan fingerprint density at radius 3 is 2.38 bits per heavy atom. The number of fused-ring (bicyclic) bond motifs is 5. The van der Waals surface area contributed by atoms with E-state index in [1.807, 2.05) is 19.1 Å². The van der Waals surface area contributed by atoms with Gasteiger partial charge in [-0.1, -0.05) is 100 Å². The fraction of sp³-hybridized carbons (Fsp3) is 0.600. The average molecular weight is 1350 g/mol. The van der Waals surface area contributed by atoms with Gasteiger partial charge in [-0.25, -0.2) is 9.59 Å². The summed E-state index contributed by atoms with van der Waals surface area (Å²) in [7, 11) is 2.88. The number of carbonyl (C=O) groups excluding carboxylic acids is 8. The fourth-order valence-electron chi connectivity index (χ4n) is 10.7. The Hall–Kier alpha value is -5.40. The predicted molar refractivity (Wildman–Crippen MR) is 319 cm³/mol. The van der Waals surface area contributed by atoms with Gasteiger partial charge >= 0.3 is 30.2 Å². The predicted octanol–water partition coefficient (Wildman–Crippen LogP) is 9.73. The number of halogens is 6. The molecule has 2 aromatic rings. The molecule has 0 radical (unpaired) electrons. The first-order chi connectivity index (χ1) is 39.9. The Labute approximate surface area is 516 Å². The van der Waals surface area contributed by atoms with Crippen LogP contribution >= 0.6 is 43.5 Å². The van der Waals surface area contributed by atoms with E-state index in [1.54, 1.807) is 52.8 Å². The van der Waals surface area contributed by atoms with E-state index < -0.39 is 119 Å². The maximum atomic E-state index is 15.1. The quantitative estimate of drug-likeness (QED) is 0.0215. The van der Waals surface area contributed by atoms with Crippen molar-refractivity contribution < 1.29 is 80.3 Å². The summed E-state index contributed by atoms with van der Waals surface area (Å²) in [4.78, 5) is 108. The zero-order valence-electron chi connectivity index (χ0n) is 49.2. The molecule has 2 aromatic carbocycles. The number of carbonyl (C=O) groups is 8. The summed E-state index contributed by atoms with van der Waals surface area (Å²) in [5.41, 5.74) is 2.41. The molecule has 5 rings (SSSR count). The van der Waals surface area contributed by atoms with Crippen molar-refractivity contribution in [3.8, 4) is 0 Å². The van der Waals surface area contributed by atoms with Crippen LogP contribution in [0.25, 0.3) is 0 Å².